The molecule has 0 N–H and O–H groups in total. The quantitative estimate of drug-likeness (QED) is 0.729. The fourth-order valence-corrected chi connectivity index (χ4v) is 2.27. The van der Waals surface area contributed by atoms with Gasteiger partial charge in [0.25, 0.3) is 5.91 Å². The molecule has 1 saturated heterocycles. The van der Waals surface area contributed by atoms with E-state index in [-0.39, 0.29) is 24.2 Å². The molecule has 1 amide bonds. The van der Waals surface area contributed by atoms with Crippen molar-refractivity contribution in [2.24, 2.45) is 0 Å². The van der Waals surface area contributed by atoms with Crippen LogP contribution in [0.15, 0.2) is 0 Å². The molecule has 1 rings (SSSR count). The molecule has 0 radical (unpaired) electrons. The minimum absolute atomic E-state index is 0.167. The number of rotatable bonds is 5. The molecule has 1 aliphatic heterocycles. The second-order valence-corrected chi connectivity index (χ2v) is 5.47. The minimum Gasteiger partial charge on any atom is -0.365 e. The molecule has 0 saturated carbocycles. The Morgan fingerprint density at radius 2 is 2.19 bits per heavy atom. The van der Waals surface area contributed by atoms with E-state index in [1.165, 1.54) is 0 Å². The second-order valence-electron chi connectivity index (χ2n) is 4.68. The maximum absolute atomic E-state index is 12.2. The van der Waals surface area contributed by atoms with E-state index in [4.69, 9.17) is 4.74 Å². The summed E-state index contributed by atoms with van der Waals surface area (Å²) in [4.78, 5) is 14.2. The first-order chi connectivity index (χ1) is 7.56. The van der Waals surface area contributed by atoms with Crippen molar-refractivity contribution in [1.29, 1.82) is 0 Å². The normalized spacial score (nSPS) is 25.1. The molecule has 1 aliphatic rings. The summed E-state index contributed by atoms with van der Waals surface area (Å²) in [5.74, 6) is 0.167. The summed E-state index contributed by atoms with van der Waals surface area (Å²) < 4.78 is 5.63. The Kier molecular flexibility index (Phi) is 5.76. The lowest BCUT2D eigenvalue weighted by Crippen LogP contribution is -2.44. The number of carbonyl (C=O) groups excluding carboxylic acids is 1. The number of halogens is 1. The molecule has 3 nitrogen and oxygen atoms in total. The summed E-state index contributed by atoms with van der Waals surface area (Å²) in [5, 5.41) is 0.936. The number of nitrogens with zero attached hydrogens (tertiary/aromatic N) is 1. The summed E-state index contributed by atoms with van der Waals surface area (Å²) in [6.45, 7) is 6.97. The molecule has 16 heavy (non-hydrogen) atoms. The molecular weight excluding hydrogens is 270 g/mol. The zero-order valence-corrected chi connectivity index (χ0v) is 12.0. The van der Waals surface area contributed by atoms with E-state index in [1.54, 1.807) is 0 Å². The van der Waals surface area contributed by atoms with Crippen LogP contribution >= 0.6 is 15.9 Å². The summed E-state index contributed by atoms with van der Waals surface area (Å²) in [6.07, 6.45) is 2.90. The predicted octanol–water partition coefficient (Wildman–Crippen LogP) is 2.58. The average molecular weight is 292 g/mol. The van der Waals surface area contributed by atoms with Gasteiger partial charge in [0.2, 0.25) is 0 Å². The molecule has 0 bridgehead atoms. The van der Waals surface area contributed by atoms with Crippen molar-refractivity contribution >= 4 is 21.8 Å². The lowest BCUT2D eigenvalue weighted by molar-refractivity contribution is -0.144. The van der Waals surface area contributed by atoms with Crippen LogP contribution in [0.1, 0.15) is 40.0 Å². The second kappa shape index (κ2) is 6.60. The fourth-order valence-electron chi connectivity index (χ4n) is 2.02. The van der Waals surface area contributed by atoms with E-state index < -0.39 is 0 Å². The average Bonchev–Trinajstić information content (AvgIpc) is 2.64. The van der Waals surface area contributed by atoms with Crippen molar-refractivity contribution in [2.45, 2.75) is 58.3 Å². The number of alkyl halides is 1. The summed E-state index contributed by atoms with van der Waals surface area (Å²) >= 11 is 3.40. The third kappa shape index (κ3) is 3.74. The Hall–Kier alpha value is -0.0900. The lowest BCUT2D eigenvalue weighted by atomic mass is 10.1. The van der Waals surface area contributed by atoms with Gasteiger partial charge in [-0.05, 0) is 40.0 Å². The maximum Gasteiger partial charge on any atom is 0.251 e. The number of hydrogen-bond donors (Lipinski definition) is 0. The van der Waals surface area contributed by atoms with Gasteiger partial charge >= 0.3 is 0 Å². The van der Waals surface area contributed by atoms with Gasteiger partial charge in [0.15, 0.2) is 0 Å². The van der Waals surface area contributed by atoms with Crippen LogP contribution in [0.2, 0.25) is 0 Å². The standard InChI is InChI=1S/C12H22BrNO2/c1-9(2)14(8-4-7-13)12(15)11-6-5-10(3)16-11/h9-11H,4-8H2,1-3H3. The van der Waals surface area contributed by atoms with E-state index >= 15 is 0 Å². The van der Waals surface area contributed by atoms with Crippen LogP contribution in [0.5, 0.6) is 0 Å². The topological polar surface area (TPSA) is 29.5 Å². The highest BCUT2D eigenvalue weighted by atomic mass is 79.9. The molecule has 0 spiro atoms. The Labute approximate surface area is 107 Å². The van der Waals surface area contributed by atoms with Crippen molar-refractivity contribution < 1.29 is 9.53 Å². The fraction of sp³-hybridized carbons (Fsp3) is 0.917. The first-order valence-electron chi connectivity index (χ1n) is 6.08. The van der Waals surface area contributed by atoms with Gasteiger partial charge in [-0.2, -0.15) is 0 Å². The molecule has 0 aromatic carbocycles. The van der Waals surface area contributed by atoms with Crippen molar-refractivity contribution in [1.82, 2.24) is 4.90 Å². The van der Waals surface area contributed by atoms with Crippen molar-refractivity contribution in [3.8, 4) is 0 Å². The molecule has 1 fully saturated rings. The number of amides is 1. The third-order valence-corrected chi connectivity index (χ3v) is 3.51. The predicted molar refractivity (Wildman–Crippen MR) is 68.8 cm³/mol. The third-order valence-electron chi connectivity index (χ3n) is 2.95. The van der Waals surface area contributed by atoms with Crippen LogP contribution in [0, 0.1) is 0 Å². The Balaban J connectivity index is 2.53. The molecule has 0 aromatic heterocycles. The van der Waals surface area contributed by atoms with Crippen molar-refractivity contribution in [3.63, 3.8) is 0 Å². The molecule has 94 valence electrons. The molecule has 2 unspecified atom stereocenters. The molecule has 1 heterocycles. The first-order valence-corrected chi connectivity index (χ1v) is 7.20. The Morgan fingerprint density at radius 3 is 2.62 bits per heavy atom. The van der Waals surface area contributed by atoms with Gasteiger partial charge in [-0.3, -0.25) is 4.79 Å². The first kappa shape index (κ1) is 14.0. The largest absolute Gasteiger partial charge is 0.365 e. The van der Waals surface area contributed by atoms with Crippen LogP contribution in [0.3, 0.4) is 0 Å². The zero-order chi connectivity index (χ0) is 12.1. The number of carbonyl (C=O) groups is 1. The van der Waals surface area contributed by atoms with Gasteiger partial charge < -0.3 is 9.64 Å². The summed E-state index contributed by atoms with van der Waals surface area (Å²) in [7, 11) is 0. The minimum atomic E-state index is -0.201. The van der Waals surface area contributed by atoms with E-state index in [1.807, 2.05) is 11.8 Å². The SMILES string of the molecule is CC1CCC(C(=O)N(CCCBr)C(C)C)O1. The zero-order valence-electron chi connectivity index (χ0n) is 10.4. The summed E-state index contributed by atoms with van der Waals surface area (Å²) in [5.41, 5.74) is 0. The maximum atomic E-state index is 12.2. The molecular formula is C12H22BrNO2. The number of ether oxygens (including phenoxy) is 1. The smallest absolute Gasteiger partial charge is 0.251 e. The van der Waals surface area contributed by atoms with E-state index in [2.05, 4.69) is 29.8 Å². The molecule has 4 heteroatoms. The van der Waals surface area contributed by atoms with Crippen LogP contribution in [-0.4, -0.2) is 40.9 Å². The highest BCUT2D eigenvalue weighted by Crippen LogP contribution is 2.21. The highest BCUT2D eigenvalue weighted by molar-refractivity contribution is 9.09. The lowest BCUT2D eigenvalue weighted by Gasteiger charge is -2.29. The summed E-state index contributed by atoms with van der Waals surface area (Å²) in [6, 6.07) is 0.256. The van der Waals surface area contributed by atoms with Gasteiger partial charge in [0, 0.05) is 17.9 Å². The van der Waals surface area contributed by atoms with Crippen LogP contribution in [0.4, 0.5) is 0 Å². The molecule has 0 aromatic rings. The van der Waals surface area contributed by atoms with E-state index in [0.29, 0.717) is 0 Å². The monoisotopic (exact) mass is 291 g/mol. The van der Waals surface area contributed by atoms with Crippen molar-refractivity contribution in [3.05, 3.63) is 0 Å². The van der Waals surface area contributed by atoms with Crippen LogP contribution < -0.4 is 0 Å². The van der Waals surface area contributed by atoms with Gasteiger partial charge in [-0.25, -0.2) is 0 Å². The van der Waals surface area contributed by atoms with Gasteiger partial charge in [-0.15, -0.1) is 0 Å². The van der Waals surface area contributed by atoms with Crippen LogP contribution in [-0.2, 0) is 9.53 Å². The van der Waals surface area contributed by atoms with Gasteiger partial charge in [-0.1, -0.05) is 15.9 Å². The van der Waals surface area contributed by atoms with E-state index in [9.17, 15) is 4.79 Å². The Bertz CT molecular complexity index is 233. The van der Waals surface area contributed by atoms with Gasteiger partial charge in [0.05, 0.1) is 6.10 Å². The van der Waals surface area contributed by atoms with E-state index in [0.717, 1.165) is 31.1 Å². The Morgan fingerprint density at radius 1 is 1.50 bits per heavy atom. The van der Waals surface area contributed by atoms with Crippen molar-refractivity contribution in [2.75, 3.05) is 11.9 Å². The molecule has 2 atom stereocenters. The highest BCUT2D eigenvalue weighted by Gasteiger charge is 2.32. The van der Waals surface area contributed by atoms with Gasteiger partial charge in [0.1, 0.15) is 6.10 Å². The molecule has 0 aliphatic carbocycles. The van der Waals surface area contributed by atoms with Crippen LogP contribution in [0.25, 0.3) is 0 Å². The number of hydrogen-bond acceptors (Lipinski definition) is 2.